The van der Waals surface area contributed by atoms with Crippen LogP contribution in [0.4, 0.5) is 0 Å². The van der Waals surface area contributed by atoms with Crippen molar-refractivity contribution >= 4 is 5.91 Å². The normalized spacial score (nSPS) is 29.9. The van der Waals surface area contributed by atoms with Crippen molar-refractivity contribution in [1.29, 1.82) is 0 Å². The first-order chi connectivity index (χ1) is 10.8. The molecule has 2 atom stereocenters. The highest BCUT2D eigenvalue weighted by Crippen LogP contribution is 2.37. The largest absolute Gasteiger partial charge is 0.468 e. The number of carbonyl (C=O) groups excluding carboxylic acids is 1. The van der Waals surface area contributed by atoms with E-state index in [-0.39, 0.29) is 5.92 Å². The maximum atomic E-state index is 12.9. The van der Waals surface area contributed by atoms with Crippen LogP contribution >= 0.6 is 0 Å². The zero-order chi connectivity index (χ0) is 14.9. The van der Waals surface area contributed by atoms with Crippen molar-refractivity contribution in [3.63, 3.8) is 0 Å². The number of hydrogen-bond acceptors (Lipinski definition) is 3. The molecule has 3 fully saturated rings. The van der Waals surface area contributed by atoms with Crippen molar-refractivity contribution in [1.82, 2.24) is 9.80 Å². The molecule has 4 rings (SSSR count). The maximum absolute atomic E-state index is 12.9. The van der Waals surface area contributed by atoms with Gasteiger partial charge < -0.3 is 9.32 Å². The van der Waals surface area contributed by atoms with E-state index in [4.69, 9.17) is 4.42 Å². The van der Waals surface area contributed by atoms with Crippen LogP contribution in [-0.2, 0) is 11.3 Å². The van der Waals surface area contributed by atoms with Gasteiger partial charge in [-0.25, -0.2) is 0 Å². The Morgan fingerprint density at radius 1 is 1.23 bits per heavy atom. The minimum atomic E-state index is 0.257. The molecule has 0 aromatic carbocycles. The molecule has 3 heterocycles. The van der Waals surface area contributed by atoms with Gasteiger partial charge in [0.15, 0.2) is 0 Å². The molecule has 22 heavy (non-hydrogen) atoms. The molecule has 0 radical (unpaired) electrons. The van der Waals surface area contributed by atoms with E-state index in [1.165, 1.54) is 25.7 Å². The van der Waals surface area contributed by atoms with Crippen LogP contribution in [0, 0.1) is 11.8 Å². The molecular formula is C18H26N2O2. The van der Waals surface area contributed by atoms with Crippen molar-refractivity contribution in [3.05, 3.63) is 24.2 Å². The van der Waals surface area contributed by atoms with E-state index in [1.54, 1.807) is 6.26 Å². The lowest BCUT2D eigenvalue weighted by Gasteiger charge is -2.34. The Hall–Kier alpha value is -1.29. The highest BCUT2D eigenvalue weighted by atomic mass is 16.3. The Labute approximate surface area is 132 Å². The van der Waals surface area contributed by atoms with Crippen LogP contribution in [-0.4, -0.2) is 41.4 Å². The summed E-state index contributed by atoms with van der Waals surface area (Å²) in [5.74, 6) is 2.53. The van der Waals surface area contributed by atoms with Crippen LogP contribution in [0.3, 0.4) is 0 Å². The molecule has 0 N–H and O–H groups in total. The van der Waals surface area contributed by atoms with Gasteiger partial charge in [0, 0.05) is 18.5 Å². The molecule has 120 valence electrons. The molecule has 1 aromatic rings. The van der Waals surface area contributed by atoms with Gasteiger partial charge in [-0.1, -0.05) is 6.42 Å². The number of nitrogens with zero attached hydrogens (tertiary/aromatic N) is 2. The van der Waals surface area contributed by atoms with E-state index in [2.05, 4.69) is 9.80 Å². The Bertz CT molecular complexity index is 505. The molecule has 1 aromatic heterocycles. The van der Waals surface area contributed by atoms with Crippen LogP contribution in [0.2, 0.25) is 0 Å². The number of carbonyl (C=O) groups is 1. The van der Waals surface area contributed by atoms with E-state index >= 15 is 0 Å². The second-order valence-corrected chi connectivity index (χ2v) is 7.31. The fraction of sp³-hybridized carbons (Fsp3) is 0.722. The van der Waals surface area contributed by atoms with E-state index in [9.17, 15) is 4.79 Å². The zero-order valence-electron chi connectivity index (χ0n) is 13.2. The number of furan rings is 1. The first-order valence-corrected chi connectivity index (χ1v) is 8.85. The summed E-state index contributed by atoms with van der Waals surface area (Å²) in [5, 5.41) is 0. The summed E-state index contributed by atoms with van der Waals surface area (Å²) in [5.41, 5.74) is 0. The van der Waals surface area contributed by atoms with Crippen molar-refractivity contribution in [3.8, 4) is 0 Å². The van der Waals surface area contributed by atoms with E-state index in [0.717, 1.165) is 50.7 Å². The monoisotopic (exact) mass is 302 g/mol. The Balaban J connectivity index is 1.30. The molecule has 1 amide bonds. The van der Waals surface area contributed by atoms with Crippen molar-refractivity contribution in [2.24, 2.45) is 11.8 Å². The molecule has 3 aliphatic rings. The predicted octanol–water partition coefficient (Wildman–Crippen LogP) is 2.89. The summed E-state index contributed by atoms with van der Waals surface area (Å²) in [6, 6.07) is 4.53. The van der Waals surface area contributed by atoms with Gasteiger partial charge in [-0.15, -0.1) is 0 Å². The van der Waals surface area contributed by atoms with Crippen LogP contribution in [0.5, 0.6) is 0 Å². The quantitative estimate of drug-likeness (QED) is 0.861. The van der Waals surface area contributed by atoms with E-state index in [1.807, 2.05) is 12.1 Å². The second kappa shape index (κ2) is 6.07. The number of hydrogen-bond donors (Lipinski definition) is 0. The maximum Gasteiger partial charge on any atom is 0.226 e. The molecule has 2 aliphatic heterocycles. The zero-order valence-corrected chi connectivity index (χ0v) is 13.2. The molecule has 2 bridgehead atoms. The minimum Gasteiger partial charge on any atom is -0.468 e. The van der Waals surface area contributed by atoms with Gasteiger partial charge in [-0.2, -0.15) is 0 Å². The van der Waals surface area contributed by atoms with Gasteiger partial charge >= 0.3 is 0 Å². The minimum absolute atomic E-state index is 0.257. The van der Waals surface area contributed by atoms with Crippen LogP contribution in [0.1, 0.15) is 44.3 Å². The van der Waals surface area contributed by atoms with Crippen LogP contribution in [0.25, 0.3) is 0 Å². The molecule has 1 aliphatic carbocycles. The first-order valence-electron chi connectivity index (χ1n) is 8.85. The first kappa shape index (κ1) is 14.3. The van der Waals surface area contributed by atoms with Gasteiger partial charge in [-0.3, -0.25) is 9.69 Å². The molecule has 0 spiro atoms. The molecule has 4 heteroatoms. The van der Waals surface area contributed by atoms with Gasteiger partial charge in [0.1, 0.15) is 5.76 Å². The third-order valence-electron chi connectivity index (χ3n) is 5.83. The lowest BCUT2D eigenvalue weighted by Crippen LogP contribution is -2.44. The third kappa shape index (κ3) is 2.81. The van der Waals surface area contributed by atoms with Crippen LogP contribution < -0.4 is 0 Å². The molecular weight excluding hydrogens is 276 g/mol. The fourth-order valence-corrected chi connectivity index (χ4v) is 4.60. The Morgan fingerprint density at radius 3 is 2.82 bits per heavy atom. The lowest BCUT2D eigenvalue weighted by molar-refractivity contribution is -0.138. The standard InChI is InChI=1S/C18H26N2O2/c21-18(20-12-14-3-1-4-16(20)11-14)15-6-8-19(9-7-15)13-17-5-2-10-22-17/h2,5,10,14-16H,1,3-4,6-9,11-13H2/t14-,16+/m0/s1. The molecule has 1 saturated carbocycles. The van der Waals surface area contributed by atoms with Crippen molar-refractivity contribution in [2.75, 3.05) is 19.6 Å². The summed E-state index contributed by atoms with van der Waals surface area (Å²) in [6.07, 6.45) is 8.91. The number of piperidine rings is 1. The summed E-state index contributed by atoms with van der Waals surface area (Å²) in [7, 11) is 0. The predicted molar refractivity (Wildman–Crippen MR) is 84.2 cm³/mol. The van der Waals surface area contributed by atoms with E-state index in [0.29, 0.717) is 11.9 Å². The van der Waals surface area contributed by atoms with E-state index < -0.39 is 0 Å². The van der Waals surface area contributed by atoms with Gasteiger partial charge in [-0.05, 0) is 63.2 Å². The number of rotatable bonds is 3. The average molecular weight is 302 g/mol. The lowest BCUT2D eigenvalue weighted by atomic mass is 9.90. The SMILES string of the molecule is O=C(C1CCN(Cc2ccco2)CC1)N1C[C@H]2CCC[C@@H]1C2. The second-order valence-electron chi connectivity index (χ2n) is 7.31. The Kier molecular flexibility index (Phi) is 3.95. The highest BCUT2D eigenvalue weighted by molar-refractivity contribution is 5.79. The van der Waals surface area contributed by atoms with Gasteiger partial charge in [0.2, 0.25) is 5.91 Å². The Morgan fingerprint density at radius 2 is 2.09 bits per heavy atom. The number of amides is 1. The summed E-state index contributed by atoms with van der Waals surface area (Å²) in [4.78, 5) is 17.5. The summed E-state index contributed by atoms with van der Waals surface area (Å²) >= 11 is 0. The van der Waals surface area contributed by atoms with Crippen molar-refractivity contribution in [2.45, 2.75) is 51.1 Å². The molecule has 4 nitrogen and oxygen atoms in total. The topological polar surface area (TPSA) is 36.7 Å². The molecule has 2 saturated heterocycles. The third-order valence-corrected chi connectivity index (χ3v) is 5.83. The summed E-state index contributed by atoms with van der Waals surface area (Å²) < 4.78 is 5.42. The van der Waals surface area contributed by atoms with Gasteiger partial charge in [0.25, 0.3) is 0 Å². The smallest absolute Gasteiger partial charge is 0.226 e. The fourth-order valence-electron chi connectivity index (χ4n) is 4.60. The number of fused-ring (bicyclic) bond motifs is 2. The number of likely N-dealkylation sites (tertiary alicyclic amines) is 2. The van der Waals surface area contributed by atoms with Gasteiger partial charge in [0.05, 0.1) is 12.8 Å². The van der Waals surface area contributed by atoms with Crippen molar-refractivity contribution < 1.29 is 9.21 Å². The average Bonchev–Trinajstić information content (AvgIpc) is 3.15. The highest BCUT2D eigenvalue weighted by Gasteiger charge is 2.40. The molecule has 0 unspecified atom stereocenters. The van der Waals surface area contributed by atoms with Crippen LogP contribution in [0.15, 0.2) is 22.8 Å². The summed E-state index contributed by atoms with van der Waals surface area (Å²) in [6.45, 7) is 3.94.